The summed E-state index contributed by atoms with van der Waals surface area (Å²) >= 11 is 0. The quantitative estimate of drug-likeness (QED) is 0.185. The number of ether oxygens (including phenoxy) is 1. The standard InChI is InChI=1S/C42H52N6O6S/c1-25(2)47-39(36(21-43-47)42(50)46-31-13-14-32(46)24-48(5,51)23-31)30-18-29-19-33(54-6)15-17-34(29)40-38(27-10-8-7-9-11-27)35-16-12-28(20-37(35)45(40)22-30)41(49)44-55(52,53)26(3)4/h12,15-21,25-27,31-32,51H,7-11,13-14,22-24H2,1-6H3/p+1/t31-,32?,48?/m0/s1. The minimum atomic E-state index is -3.85. The van der Waals surface area contributed by atoms with E-state index in [1.165, 1.54) is 12.0 Å². The molecule has 3 fully saturated rings. The zero-order valence-corrected chi connectivity index (χ0v) is 33.5. The predicted octanol–water partition coefficient (Wildman–Crippen LogP) is 6.99. The molecule has 2 N–H and O–H groups in total. The minimum absolute atomic E-state index is 0.0576. The van der Waals surface area contributed by atoms with E-state index in [1.807, 2.05) is 40.9 Å². The number of hydroxylamine groups is 3. The van der Waals surface area contributed by atoms with E-state index in [2.05, 4.69) is 35.3 Å². The van der Waals surface area contributed by atoms with E-state index in [0.29, 0.717) is 36.9 Å². The van der Waals surface area contributed by atoms with Gasteiger partial charge in [-0.2, -0.15) is 9.75 Å². The van der Waals surface area contributed by atoms with Crippen LogP contribution in [0.5, 0.6) is 5.75 Å². The van der Waals surface area contributed by atoms with Crippen LogP contribution in [0.4, 0.5) is 0 Å². The Morgan fingerprint density at radius 2 is 1.67 bits per heavy atom. The van der Waals surface area contributed by atoms with Gasteiger partial charge in [-0.25, -0.2) is 18.3 Å². The molecule has 2 unspecified atom stereocenters. The number of methoxy groups -OCH3 is 1. The zero-order valence-electron chi connectivity index (χ0n) is 32.7. The van der Waals surface area contributed by atoms with Gasteiger partial charge in [-0.15, -0.1) is 0 Å². The van der Waals surface area contributed by atoms with Gasteiger partial charge in [-0.1, -0.05) is 25.3 Å². The number of carbonyl (C=O) groups excluding carboxylic acids is 2. The van der Waals surface area contributed by atoms with E-state index in [-0.39, 0.29) is 34.2 Å². The number of nitrogens with zero attached hydrogens (tertiary/aromatic N) is 5. The van der Waals surface area contributed by atoms with Crippen LogP contribution in [-0.4, -0.2) is 93.9 Å². The molecule has 1 saturated carbocycles. The number of likely N-dealkylation sites (tertiary alicyclic amines) is 1. The van der Waals surface area contributed by atoms with Crippen molar-refractivity contribution in [2.24, 2.45) is 0 Å². The Bertz CT molecular complexity index is 2310. The van der Waals surface area contributed by atoms with Crippen LogP contribution < -0.4 is 9.46 Å². The van der Waals surface area contributed by atoms with E-state index in [4.69, 9.17) is 9.84 Å². The third-order valence-corrected chi connectivity index (χ3v) is 14.0. The average molecular weight is 770 g/mol. The maximum Gasteiger partial charge on any atom is 0.264 e. The summed E-state index contributed by atoms with van der Waals surface area (Å²) < 4.78 is 37.7. The van der Waals surface area contributed by atoms with Gasteiger partial charge in [-0.3, -0.25) is 14.3 Å². The lowest BCUT2D eigenvalue weighted by atomic mass is 9.81. The molecule has 1 aliphatic carbocycles. The molecule has 55 heavy (non-hydrogen) atoms. The van der Waals surface area contributed by atoms with Crippen molar-refractivity contribution in [3.63, 3.8) is 0 Å². The van der Waals surface area contributed by atoms with Gasteiger partial charge in [-0.05, 0) is 112 Å². The number of carbonyl (C=O) groups is 2. The highest BCUT2D eigenvalue weighted by molar-refractivity contribution is 7.90. The fourth-order valence-electron chi connectivity index (χ4n) is 9.64. The second-order valence-electron chi connectivity index (χ2n) is 16.8. The molecule has 3 aliphatic heterocycles. The number of benzene rings is 2. The second-order valence-corrected chi connectivity index (χ2v) is 19.0. The van der Waals surface area contributed by atoms with Gasteiger partial charge in [0.05, 0.1) is 61.2 Å². The van der Waals surface area contributed by atoms with Gasteiger partial charge in [0.1, 0.15) is 18.8 Å². The van der Waals surface area contributed by atoms with Crippen molar-refractivity contribution in [1.82, 2.24) is 24.0 Å². The molecule has 4 aromatic rings. The second kappa shape index (κ2) is 13.9. The molecule has 5 heterocycles. The number of quaternary nitrogens is 1. The molecule has 2 aromatic heterocycles. The van der Waals surface area contributed by atoms with Crippen LogP contribution in [0.25, 0.3) is 33.8 Å². The van der Waals surface area contributed by atoms with Crippen LogP contribution >= 0.6 is 0 Å². The van der Waals surface area contributed by atoms with Gasteiger partial charge in [0, 0.05) is 28.1 Å². The Labute approximate surface area is 323 Å². The smallest absolute Gasteiger partial charge is 0.264 e. The summed E-state index contributed by atoms with van der Waals surface area (Å²) in [5.74, 6) is 0.274. The summed E-state index contributed by atoms with van der Waals surface area (Å²) in [5, 5.41) is 16.1. The number of piperazine rings is 1. The molecule has 12 nitrogen and oxygen atoms in total. The van der Waals surface area contributed by atoms with Crippen molar-refractivity contribution >= 4 is 44.4 Å². The molecule has 292 valence electrons. The molecule has 4 aliphatic rings. The Kier molecular flexibility index (Phi) is 9.49. The van der Waals surface area contributed by atoms with Gasteiger partial charge in [0.15, 0.2) is 0 Å². The average Bonchev–Trinajstić information content (AvgIpc) is 3.78. The van der Waals surface area contributed by atoms with E-state index in [1.54, 1.807) is 33.2 Å². The highest BCUT2D eigenvalue weighted by atomic mass is 32.2. The van der Waals surface area contributed by atoms with Crippen LogP contribution in [-0.2, 0) is 16.6 Å². The SMILES string of the molecule is COc1ccc2c(c1)C=C(c1c(C(=O)N3C4CC[C@H]3C[N+](C)(O)C4)cnn1C(C)C)Cn1c-2c(C2CCCCC2)c2ccc(C(=O)NS(=O)(=O)C(C)C)cc21. The maximum absolute atomic E-state index is 14.8. The highest BCUT2D eigenvalue weighted by Gasteiger charge is 2.50. The number of likely N-dealkylation sites (N-methyl/N-ethyl adjacent to an activating group) is 1. The molecule has 2 aromatic carbocycles. The fraction of sp³-hybridized carbons (Fsp3) is 0.500. The molecular weight excluding hydrogens is 717 g/mol. The third-order valence-electron chi connectivity index (χ3n) is 12.3. The molecular formula is C42H53N6O6S+. The summed E-state index contributed by atoms with van der Waals surface area (Å²) in [6.07, 6.45) is 11.1. The van der Waals surface area contributed by atoms with E-state index in [9.17, 15) is 23.2 Å². The summed E-state index contributed by atoms with van der Waals surface area (Å²) in [6, 6.07) is 11.5. The predicted molar refractivity (Wildman–Crippen MR) is 212 cm³/mol. The van der Waals surface area contributed by atoms with Crippen LogP contribution in [0.1, 0.15) is 122 Å². The number of nitrogens with one attached hydrogen (secondary N) is 1. The molecule has 2 bridgehead atoms. The Morgan fingerprint density at radius 1 is 0.964 bits per heavy atom. The molecule has 13 heteroatoms. The number of sulfonamides is 1. The van der Waals surface area contributed by atoms with Gasteiger partial charge >= 0.3 is 0 Å². The molecule has 3 atom stereocenters. The molecule has 8 rings (SSSR count). The Morgan fingerprint density at radius 3 is 2.33 bits per heavy atom. The first kappa shape index (κ1) is 37.5. The van der Waals surface area contributed by atoms with Crippen molar-refractivity contribution in [3.05, 3.63) is 70.5 Å². The van der Waals surface area contributed by atoms with Crippen molar-refractivity contribution in [1.29, 1.82) is 0 Å². The number of allylic oxidation sites excluding steroid dienone is 1. The minimum Gasteiger partial charge on any atom is -0.497 e. The lowest BCUT2D eigenvalue weighted by molar-refractivity contribution is -1.09. The van der Waals surface area contributed by atoms with Gasteiger partial charge in [0.2, 0.25) is 10.0 Å². The van der Waals surface area contributed by atoms with Crippen molar-refractivity contribution in [2.75, 3.05) is 27.2 Å². The van der Waals surface area contributed by atoms with Crippen LogP contribution in [0.15, 0.2) is 42.6 Å². The van der Waals surface area contributed by atoms with Gasteiger partial charge in [0.25, 0.3) is 11.8 Å². The summed E-state index contributed by atoms with van der Waals surface area (Å²) in [4.78, 5) is 30.3. The lowest BCUT2D eigenvalue weighted by Gasteiger charge is -2.41. The third kappa shape index (κ3) is 6.57. The number of aromatic nitrogens is 3. The Balaban J connectivity index is 1.34. The fourth-order valence-corrected chi connectivity index (χ4v) is 10.2. The Hall–Kier alpha value is -4.46. The van der Waals surface area contributed by atoms with Crippen molar-refractivity contribution in [3.8, 4) is 17.0 Å². The van der Waals surface area contributed by atoms with Crippen LogP contribution in [0.2, 0.25) is 0 Å². The van der Waals surface area contributed by atoms with E-state index < -0.39 is 21.2 Å². The number of amides is 2. The highest BCUT2D eigenvalue weighted by Crippen LogP contribution is 2.48. The number of rotatable bonds is 8. The number of hydrogen-bond donors (Lipinski definition) is 2. The van der Waals surface area contributed by atoms with E-state index in [0.717, 1.165) is 77.5 Å². The lowest BCUT2D eigenvalue weighted by Crippen LogP contribution is -2.62. The number of hydrogen-bond acceptors (Lipinski definition) is 7. The molecule has 0 radical (unpaired) electrons. The first-order valence-corrected chi connectivity index (χ1v) is 21.3. The monoisotopic (exact) mass is 769 g/mol. The first-order chi connectivity index (χ1) is 26.2. The largest absolute Gasteiger partial charge is 0.497 e. The van der Waals surface area contributed by atoms with Crippen molar-refractivity contribution in [2.45, 2.75) is 108 Å². The normalized spacial score (nSPS) is 22.8. The molecule has 2 amide bonds. The van der Waals surface area contributed by atoms with Crippen molar-refractivity contribution < 1.29 is 32.6 Å². The molecule has 2 saturated heterocycles. The summed E-state index contributed by atoms with van der Waals surface area (Å²) in [7, 11) is -0.376. The topological polar surface area (TPSA) is 136 Å². The van der Waals surface area contributed by atoms with E-state index >= 15 is 0 Å². The molecule has 0 spiro atoms. The van der Waals surface area contributed by atoms with Crippen LogP contribution in [0, 0.1) is 0 Å². The number of fused-ring (bicyclic) bond motifs is 7. The first-order valence-electron chi connectivity index (χ1n) is 19.8. The van der Waals surface area contributed by atoms with Gasteiger partial charge < -0.3 is 14.2 Å². The zero-order chi connectivity index (χ0) is 39.0. The summed E-state index contributed by atoms with van der Waals surface area (Å²) in [6.45, 7) is 8.57. The summed E-state index contributed by atoms with van der Waals surface area (Å²) in [5.41, 5.74) is 7.53. The maximum atomic E-state index is 14.8. The van der Waals surface area contributed by atoms with Crippen LogP contribution in [0.3, 0.4) is 0 Å².